The lowest BCUT2D eigenvalue weighted by molar-refractivity contribution is -0.122. The zero-order valence-electron chi connectivity index (χ0n) is 12.2. The van der Waals surface area contributed by atoms with E-state index >= 15 is 0 Å². The van der Waals surface area contributed by atoms with Gasteiger partial charge in [-0.15, -0.1) is 0 Å². The van der Waals surface area contributed by atoms with Crippen LogP contribution in [0.1, 0.15) is 25.3 Å². The summed E-state index contributed by atoms with van der Waals surface area (Å²) >= 11 is 0. The average molecular weight is 280 g/mol. The van der Waals surface area contributed by atoms with Gasteiger partial charge in [-0.05, 0) is 43.9 Å². The van der Waals surface area contributed by atoms with Crippen molar-refractivity contribution >= 4 is 5.91 Å². The minimum absolute atomic E-state index is 0.486. The fourth-order valence-electron chi connectivity index (χ4n) is 1.72. The molecule has 0 aliphatic carbocycles. The van der Waals surface area contributed by atoms with Crippen LogP contribution in [0.2, 0.25) is 0 Å². The highest BCUT2D eigenvalue weighted by Gasteiger charge is 2.24. The summed E-state index contributed by atoms with van der Waals surface area (Å²) in [7, 11) is 1.69. The summed E-state index contributed by atoms with van der Waals surface area (Å²) in [6, 6.07) is 7.90. The smallest absolute Gasteiger partial charge is 0.237 e. The van der Waals surface area contributed by atoms with Crippen LogP contribution in [0.5, 0.6) is 5.75 Å². The number of hydrogen-bond acceptors (Lipinski definition) is 4. The van der Waals surface area contributed by atoms with Crippen molar-refractivity contribution < 1.29 is 14.3 Å². The molecule has 0 heterocycles. The molecule has 1 aromatic rings. The molecule has 0 spiro atoms. The van der Waals surface area contributed by atoms with Gasteiger partial charge in [0.1, 0.15) is 5.75 Å². The summed E-state index contributed by atoms with van der Waals surface area (Å²) in [5, 5.41) is 0. The van der Waals surface area contributed by atoms with E-state index in [1.54, 1.807) is 14.0 Å². The van der Waals surface area contributed by atoms with E-state index in [1.807, 2.05) is 24.3 Å². The van der Waals surface area contributed by atoms with E-state index in [-0.39, 0.29) is 0 Å². The first kappa shape index (κ1) is 16.5. The van der Waals surface area contributed by atoms with Gasteiger partial charge >= 0.3 is 0 Å². The van der Waals surface area contributed by atoms with Crippen LogP contribution in [0.4, 0.5) is 0 Å². The molecule has 1 aromatic carbocycles. The largest absolute Gasteiger partial charge is 0.494 e. The highest BCUT2D eigenvalue weighted by molar-refractivity contribution is 5.83. The van der Waals surface area contributed by atoms with Gasteiger partial charge < -0.3 is 20.9 Å². The third-order valence-electron chi connectivity index (χ3n) is 3.19. The zero-order valence-corrected chi connectivity index (χ0v) is 12.2. The molecule has 0 radical (unpaired) electrons. The fraction of sp³-hybridized carbons (Fsp3) is 0.533. The average Bonchev–Trinajstić information content (AvgIpc) is 2.42. The molecule has 5 nitrogen and oxygen atoms in total. The molecule has 0 saturated heterocycles. The predicted octanol–water partition coefficient (Wildman–Crippen LogP) is 1.24. The predicted molar refractivity (Wildman–Crippen MR) is 78.5 cm³/mol. The first-order chi connectivity index (χ1) is 9.45. The summed E-state index contributed by atoms with van der Waals surface area (Å²) < 4.78 is 10.6. The summed E-state index contributed by atoms with van der Waals surface area (Å²) in [6.45, 7) is 2.86. The lowest BCUT2D eigenvalue weighted by atomic mass is 9.97. The van der Waals surface area contributed by atoms with Crippen LogP contribution in [-0.2, 0) is 16.0 Å². The third-order valence-corrected chi connectivity index (χ3v) is 3.19. The van der Waals surface area contributed by atoms with E-state index < -0.39 is 11.4 Å². The van der Waals surface area contributed by atoms with Gasteiger partial charge in [-0.1, -0.05) is 12.1 Å². The number of methoxy groups -OCH3 is 1. The Labute approximate surface area is 120 Å². The second-order valence-electron chi connectivity index (χ2n) is 5.12. The summed E-state index contributed by atoms with van der Waals surface area (Å²) in [5.41, 5.74) is 11.2. The summed E-state index contributed by atoms with van der Waals surface area (Å²) in [6.07, 6.45) is 2.08. The molecule has 0 aliphatic heterocycles. The number of benzene rings is 1. The highest BCUT2D eigenvalue weighted by atomic mass is 16.5. The van der Waals surface area contributed by atoms with Gasteiger partial charge in [0.25, 0.3) is 0 Å². The number of carbonyl (C=O) groups excluding carboxylic acids is 1. The number of carbonyl (C=O) groups is 1. The van der Waals surface area contributed by atoms with Gasteiger partial charge in [0.2, 0.25) is 5.91 Å². The molecule has 0 aromatic heterocycles. The Kier molecular flexibility index (Phi) is 6.48. The van der Waals surface area contributed by atoms with E-state index in [2.05, 4.69) is 0 Å². The van der Waals surface area contributed by atoms with Crippen LogP contribution in [0.15, 0.2) is 24.3 Å². The minimum Gasteiger partial charge on any atom is -0.494 e. The minimum atomic E-state index is -0.965. The lowest BCUT2D eigenvalue weighted by Gasteiger charge is -2.20. The Morgan fingerprint density at radius 3 is 2.45 bits per heavy atom. The molecule has 0 fully saturated rings. The van der Waals surface area contributed by atoms with Gasteiger partial charge in [-0.3, -0.25) is 4.79 Å². The van der Waals surface area contributed by atoms with Crippen molar-refractivity contribution in [3.63, 3.8) is 0 Å². The Balaban J connectivity index is 2.30. The van der Waals surface area contributed by atoms with Gasteiger partial charge in [0.05, 0.1) is 18.8 Å². The van der Waals surface area contributed by atoms with E-state index in [4.69, 9.17) is 20.9 Å². The quantitative estimate of drug-likeness (QED) is 0.666. The molecule has 1 unspecified atom stereocenters. The van der Waals surface area contributed by atoms with Gasteiger partial charge in [-0.25, -0.2) is 0 Å². The van der Waals surface area contributed by atoms with Crippen LogP contribution < -0.4 is 16.2 Å². The fourth-order valence-corrected chi connectivity index (χ4v) is 1.72. The van der Waals surface area contributed by atoms with Crippen LogP contribution in [0.3, 0.4) is 0 Å². The number of primary amides is 1. The van der Waals surface area contributed by atoms with Crippen LogP contribution in [-0.4, -0.2) is 31.8 Å². The topological polar surface area (TPSA) is 87.6 Å². The van der Waals surface area contributed by atoms with Crippen molar-refractivity contribution in [2.75, 3.05) is 20.3 Å². The van der Waals surface area contributed by atoms with Crippen molar-refractivity contribution in [3.8, 4) is 5.75 Å². The Hall–Kier alpha value is -1.59. The van der Waals surface area contributed by atoms with Crippen molar-refractivity contribution in [1.29, 1.82) is 0 Å². The first-order valence-corrected chi connectivity index (χ1v) is 6.75. The molecule has 4 N–H and O–H groups in total. The molecule has 0 bridgehead atoms. The Morgan fingerprint density at radius 1 is 1.25 bits per heavy atom. The molecule has 20 heavy (non-hydrogen) atoms. The van der Waals surface area contributed by atoms with Crippen molar-refractivity contribution in [2.45, 2.75) is 31.7 Å². The van der Waals surface area contributed by atoms with Crippen LogP contribution in [0, 0.1) is 0 Å². The zero-order chi connectivity index (χ0) is 15.0. The second kappa shape index (κ2) is 7.87. The van der Waals surface area contributed by atoms with E-state index in [9.17, 15) is 4.79 Å². The van der Waals surface area contributed by atoms with E-state index in [0.717, 1.165) is 12.2 Å². The van der Waals surface area contributed by atoms with Crippen molar-refractivity contribution in [2.24, 2.45) is 11.5 Å². The standard InChI is InChI=1S/C15H24N2O3/c1-15(17,14(16)18)9-3-10-20-13-6-4-12(5-7-13)8-11-19-2/h4-7H,3,8-11,17H2,1-2H3,(H2,16,18). The van der Waals surface area contributed by atoms with Gasteiger partial charge in [-0.2, -0.15) is 0 Å². The summed E-state index contributed by atoms with van der Waals surface area (Å²) in [4.78, 5) is 11.1. The van der Waals surface area contributed by atoms with E-state index in [1.165, 1.54) is 5.56 Å². The number of nitrogens with two attached hydrogens (primary N) is 2. The monoisotopic (exact) mass is 280 g/mol. The molecule has 1 atom stereocenters. The van der Waals surface area contributed by atoms with Crippen molar-refractivity contribution in [3.05, 3.63) is 29.8 Å². The normalized spacial score (nSPS) is 13.8. The SMILES string of the molecule is COCCc1ccc(OCCCC(C)(N)C(N)=O)cc1. The molecular formula is C15H24N2O3. The molecule has 0 saturated carbocycles. The number of rotatable bonds is 9. The van der Waals surface area contributed by atoms with Crippen molar-refractivity contribution in [1.82, 2.24) is 0 Å². The lowest BCUT2D eigenvalue weighted by Crippen LogP contribution is -2.49. The van der Waals surface area contributed by atoms with Crippen LogP contribution >= 0.6 is 0 Å². The second-order valence-corrected chi connectivity index (χ2v) is 5.12. The third kappa shape index (κ3) is 5.59. The number of hydrogen-bond donors (Lipinski definition) is 2. The summed E-state index contributed by atoms with van der Waals surface area (Å²) in [5.74, 6) is 0.323. The van der Waals surface area contributed by atoms with Crippen LogP contribution in [0.25, 0.3) is 0 Å². The van der Waals surface area contributed by atoms with Gasteiger partial charge in [0.15, 0.2) is 0 Å². The number of ether oxygens (including phenoxy) is 2. The van der Waals surface area contributed by atoms with Gasteiger partial charge in [0, 0.05) is 7.11 Å². The Bertz CT molecular complexity index is 416. The maximum absolute atomic E-state index is 11.1. The number of amides is 1. The molecule has 0 aliphatic rings. The Morgan fingerprint density at radius 2 is 1.90 bits per heavy atom. The van der Waals surface area contributed by atoms with E-state index in [0.29, 0.717) is 26.1 Å². The molecule has 112 valence electrons. The first-order valence-electron chi connectivity index (χ1n) is 6.75. The maximum atomic E-state index is 11.1. The molecule has 1 amide bonds. The molecule has 5 heteroatoms. The molecular weight excluding hydrogens is 256 g/mol. The highest BCUT2D eigenvalue weighted by Crippen LogP contribution is 2.14. The maximum Gasteiger partial charge on any atom is 0.237 e. The molecule has 1 rings (SSSR count).